The van der Waals surface area contributed by atoms with Crippen LogP contribution in [0.2, 0.25) is 0 Å². The Kier molecular flexibility index (Phi) is 3.12. The Morgan fingerprint density at radius 1 is 1.31 bits per heavy atom. The quantitative estimate of drug-likeness (QED) is 0.438. The molecule has 1 aromatic rings. The van der Waals surface area contributed by atoms with E-state index in [2.05, 4.69) is 0 Å². The molecule has 1 aromatic carbocycles. The van der Waals surface area contributed by atoms with Crippen molar-refractivity contribution in [2.75, 3.05) is 0 Å². The maximum Gasteiger partial charge on any atom is 0.270 e. The van der Waals surface area contributed by atoms with Crippen molar-refractivity contribution in [3.8, 4) is 0 Å². The molecule has 0 unspecified atom stereocenters. The molecular weight excluding hydrogens is 206 g/mol. The van der Waals surface area contributed by atoms with Gasteiger partial charge in [0.05, 0.1) is 4.92 Å². The number of hydrogen-bond donors (Lipinski definition) is 0. The number of aryl methyl sites for hydroxylation is 1. The molecule has 1 rings (SSSR count). The Hall–Kier alpha value is -1.71. The Morgan fingerprint density at radius 3 is 2.31 bits per heavy atom. The highest BCUT2D eigenvalue weighted by atomic mass is 16.6. The van der Waals surface area contributed by atoms with Crippen molar-refractivity contribution in [1.29, 1.82) is 0 Å². The number of benzene rings is 1. The summed E-state index contributed by atoms with van der Waals surface area (Å²) in [7, 11) is 0. The smallest absolute Gasteiger partial charge is 0.270 e. The van der Waals surface area contributed by atoms with Gasteiger partial charge in [-0.3, -0.25) is 14.9 Å². The molecule has 4 nitrogen and oxygen atoms in total. The highest BCUT2D eigenvalue weighted by Crippen LogP contribution is 2.25. The lowest BCUT2D eigenvalue weighted by Gasteiger charge is -2.17. The molecule has 0 radical (unpaired) electrons. The fourth-order valence-electron chi connectivity index (χ4n) is 1.37. The van der Waals surface area contributed by atoms with Gasteiger partial charge >= 0.3 is 0 Å². The number of hydrogen-bond acceptors (Lipinski definition) is 3. The van der Waals surface area contributed by atoms with Crippen LogP contribution >= 0.6 is 0 Å². The van der Waals surface area contributed by atoms with Crippen LogP contribution in [0, 0.1) is 22.5 Å². The molecule has 0 fully saturated rings. The third-order valence-electron chi connectivity index (χ3n) is 2.36. The van der Waals surface area contributed by atoms with Gasteiger partial charge in [-0.25, -0.2) is 0 Å². The van der Waals surface area contributed by atoms with Crippen LogP contribution in [0.15, 0.2) is 18.2 Å². The summed E-state index contributed by atoms with van der Waals surface area (Å²) >= 11 is 0. The molecule has 0 aliphatic heterocycles. The lowest BCUT2D eigenvalue weighted by atomic mass is 9.85. The lowest BCUT2D eigenvalue weighted by Crippen LogP contribution is -2.21. The maximum absolute atomic E-state index is 12.0. The zero-order valence-electron chi connectivity index (χ0n) is 9.90. The van der Waals surface area contributed by atoms with E-state index in [-0.39, 0.29) is 11.5 Å². The number of carbonyl (C=O) groups is 1. The predicted octanol–water partition coefficient (Wildman–Crippen LogP) is 3.13. The molecule has 0 spiro atoms. The second-order valence-electron chi connectivity index (χ2n) is 4.84. The summed E-state index contributed by atoms with van der Waals surface area (Å²) < 4.78 is 0. The minimum Gasteiger partial charge on any atom is -0.294 e. The highest BCUT2D eigenvalue weighted by Gasteiger charge is 2.25. The molecule has 0 saturated heterocycles. The summed E-state index contributed by atoms with van der Waals surface area (Å²) in [6.45, 7) is 7.18. The van der Waals surface area contributed by atoms with E-state index in [1.165, 1.54) is 12.1 Å². The number of carbonyl (C=O) groups excluding carboxylic acids is 1. The van der Waals surface area contributed by atoms with Crippen LogP contribution in [0.5, 0.6) is 0 Å². The van der Waals surface area contributed by atoms with Crippen LogP contribution in [0.3, 0.4) is 0 Å². The maximum atomic E-state index is 12.0. The van der Waals surface area contributed by atoms with Gasteiger partial charge in [0.1, 0.15) is 0 Å². The minimum absolute atomic E-state index is 0.0433. The number of nitro groups is 1. The zero-order valence-corrected chi connectivity index (χ0v) is 9.90. The molecule has 0 aliphatic rings. The Bertz CT molecular complexity index is 444. The van der Waals surface area contributed by atoms with Gasteiger partial charge < -0.3 is 0 Å². The summed E-state index contributed by atoms with van der Waals surface area (Å²) in [6.07, 6.45) is 0. The van der Waals surface area contributed by atoms with Crippen molar-refractivity contribution in [2.45, 2.75) is 27.7 Å². The molecule has 4 heteroatoms. The van der Waals surface area contributed by atoms with Crippen LogP contribution < -0.4 is 0 Å². The van der Waals surface area contributed by atoms with Crippen LogP contribution in [0.1, 0.15) is 36.7 Å². The second-order valence-corrected chi connectivity index (χ2v) is 4.84. The number of non-ortho nitro benzene ring substituents is 1. The SMILES string of the molecule is Cc1ccc([N+](=O)[O-])cc1C(=O)C(C)(C)C. The molecule has 16 heavy (non-hydrogen) atoms. The van der Waals surface area contributed by atoms with E-state index in [1.54, 1.807) is 33.8 Å². The van der Waals surface area contributed by atoms with Crippen LogP contribution in [-0.2, 0) is 0 Å². The summed E-state index contributed by atoms with van der Waals surface area (Å²) in [5.41, 5.74) is 0.630. The topological polar surface area (TPSA) is 60.2 Å². The van der Waals surface area contributed by atoms with Crippen molar-refractivity contribution in [3.05, 3.63) is 39.4 Å². The third kappa shape index (κ3) is 2.45. The first-order valence-electron chi connectivity index (χ1n) is 5.03. The molecule has 0 bridgehead atoms. The number of nitrogens with zero attached hydrogens (tertiary/aromatic N) is 1. The zero-order chi connectivity index (χ0) is 12.5. The van der Waals surface area contributed by atoms with Crippen molar-refractivity contribution in [3.63, 3.8) is 0 Å². The van der Waals surface area contributed by atoms with E-state index in [0.717, 1.165) is 5.56 Å². The van der Waals surface area contributed by atoms with E-state index >= 15 is 0 Å². The Labute approximate surface area is 94.4 Å². The fraction of sp³-hybridized carbons (Fsp3) is 0.417. The number of rotatable bonds is 2. The number of Topliss-reactive ketones (excluding diaryl/α,β-unsaturated/α-hetero) is 1. The monoisotopic (exact) mass is 221 g/mol. The molecular formula is C12H15NO3. The van der Waals surface area contributed by atoms with Crippen molar-refractivity contribution >= 4 is 11.5 Å². The summed E-state index contributed by atoms with van der Waals surface area (Å²) in [5, 5.41) is 10.6. The van der Waals surface area contributed by atoms with Crippen LogP contribution in [-0.4, -0.2) is 10.7 Å². The summed E-state index contributed by atoms with van der Waals surface area (Å²) in [5.74, 6) is -0.0753. The summed E-state index contributed by atoms with van der Waals surface area (Å²) in [4.78, 5) is 22.2. The average Bonchev–Trinajstić information content (AvgIpc) is 2.15. The number of ketones is 1. The van der Waals surface area contributed by atoms with Gasteiger partial charge in [-0.1, -0.05) is 26.8 Å². The first kappa shape index (κ1) is 12.4. The molecule has 0 atom stereocenters. The first-order valence-corrected chi connectivity index (χ1v) is 5.03. The molecule has 0 heterocycles. The van der Waals surface area contributed by atoms with Gasteiger partial charge in [0.2, 0.25) is 0 Å². The molecule has 86 valence electrons. The van der Waals surface area contributed by atoms with Gasteiger partial charge in [-0.15, -0.1) is 0 Å². The van der Waals surface area contributed by atoms with Crippen LogP contribution in [0.25, 0.3) is 0 Å². The van der Waals surface area contributed by atoms with E-state index in [4.69, 9.17) is 0 Å². The van der Waals surface area contributed by atoms with Gasteiger partial charge in [-0.05, 0) is 12.5 Å². The average molecular weight is 221 g/mol. The van der Waals surface area contributed by atoms with E-state index in [9.17, 15) is 14.9 Å². The molecule has 0 saturated carbocycles. The van der Waals surface area contributed by atoms with Crippen molar-refractivity contribution in [1.82, 2.24) is 0 Å². The molecule has 0 amide bonds. The van der Waals surface area contributed by atoms with Crippen LogP contribution in [0.4, 0.5) is 5.69 Å². The van der Waals surface area contributed by atoms with Crippen molar-refractivity contribution < 1.29 is 9.72 Å². The second kappa shape index (κ2) is 4.04. The minimum atomic E-state index is -0.528. The predicted molar refractivity (Wildman–Crippen MR) is 61.6 cm³/mol. The fourth-order valence-corrected chi connectivity index (χ4v) is 1.37. The lowest BCUT2D eigenvalue weighted by molar-refractivity contribution is -0.384. The Morgan fingerprint density at radius 2 is 1.88 bits per heavy atom. The number of nitro benzene ring substituents is 1. The summed E-state index contributed by atoms with van der Waals surface area (Å²) in [6, 6.07) is 4.37. The van der Waals surface area contributed by atoms with Gasteiger partial charge in [0, 0.05) is 23.1 Å². The van der Waals surface area contributed by atoms with E-state index in [0.29, 0.717) is 5.56 Å². The van der Waals surface area contributed by atoms with E-state index in [1.807, 2.05) is 0 Å². The first-order chi connectivity index (χ1) is 7.23. The molecule has 0 aliphatic carbocycles. The van der Waals surface area contributed by atoms with Gasteiger partial charge in [0.15, 0.2) is 5.78 Å². The van der Waals surface area contributed by atoms with E-state index < -0.39 is 10.3 Å². The highest BCUT2D eigenvalue weighted by molar-refractivity contribution is 6.01. The molecule has 0 aromatic heterocycles. The van der Waals surface area contributed by atoms with Gasteiger partial charge in [-0.2, -0.15) is 0 Å². The standard InChI is InChI=1S/C12H15NO3/c1-8-5-6-9(13(15)16)7-10(8)11(14)12(2,3)4/h5-7H,1-4H3. The third-order valence-corrected chi connectivity index (χ3v) is 2.36. The normalized spacial score (nSPS) is 11.2. The largest absolute Gasteiger partial charge is 0.294 e. The Balaban J connectivity index is 3.28. The van der Waals surface area contributed by atoms with Crippen molar-refractivity contribution in [2.24, 2.45) is 5.41 Å². The molecule has 0 N–H and O–H groups in total. The van der Waals surface area contributed by atoms with Gasteiger partial charge in [0.25, 0.3) is 5.69 Å².